The molecule has 0 radical (unpaired) electrons. The number of amides is 2. The number of piperazine rings is 1. The lowest BCUT2D eigenvalue weighted by Crippen LogP contribution is -2.49. The topological polar surface area (TPSA) is 62.3 Å². The summed E-state index contributed by atoms with van der Waals surface area (Å²) in [5.74, 6) is -0.322. The zero-order valence-electron chi connectivity index (χ0n) is 14.0. The van der Waals surface area contributed by atoms with E-state index in [1.54, 1.807) is 4.90 Å². The largest absolute Gasteiger partial charge is 0.353 e. The van der Waals surface area contributed by atoms with Crippen molar-refractivity contribution in [2.45, 2.75) is 0 Å². The van der Waals surface area contributed by atoms with E-state index in [1.807, 2.05) is 60.7 Å². The molecule has 130 valence electrons. The minimum Gasteiger partial charge on any atom is -0.353 e. The molecule has 0 atom stereocenters. The summed E-state index contributed by atoms with van der Waals surface area (Å²) in [5.41, 5.74) is 2.80. The molecule has 0 unspecified atom stereocenters. The molecule has 1 N–H and O–H groups in total. The molecule has 0 saturated carbocycles. The molecule has 1 aliphatic rings. The first-order valence-electron chi connectivity index (χ1n) is 8.40. The van der Waals surface area contributed by atoms with Gasteiger partial charge in [0.25, 0.3) is 5.91 Å². The third-order valence-corrected chi connectivity index (χ3v) is 5.31. The highest BCUT2D eigenvalue weighted by Gasteiger charge is 2.26. The highest BCUT2D eigenvalue weighted by molar-refractivity contribution is 7.17. The summed E-state index contributed by atoms with van der Waals surface area (Å²) >= 11 is 1.38. The number of benzene rings is 2. The summed E-state index contributed by atoms with van der Waals surface area (Å²) in [4.78, 5) is 31.6. The number of aromatic nitrogens is 1. The van der Waals surface area contributed by atoms with Gasteiger partial charge >= 0.3 is 0 Å². The van der Waals surface area contributed by atoms with Crippen LogP contribution >= 0.6 is 11.3 Å². The van der Waals surface area contributed by atoms with Gasteiger partial charge in [-0.2, -0.15) is 0 Å². The summed E-state index contributed by atoms with van der Waals surface area (Å²) < 4.78 is 0. The molecule has 1 aliphatic heterocycles. The van der Waals surface area contributed by atoms with E-state index in [-0.39, 0.29) is 18.4 Å². The Bertz CT molecular complexity index is 881. The van der Waals surface area contributed by atoms with Crippen LogP contribution in [-0.4, -0.2) is 41.3 Å². The molecule has 0 bridgehead atoms. The number of carbonyl (C=O) groups is 2. The van der Waals surface area contributed by atoms with Gasteiger partial charge in [-0.3, -0.25) is 9.59 Å². The van der Waals surface area contributed by atoms with Crippen molar-refractivity contribution in [1.29, 1.82) is 0 Å². The zero-order chi connectivity index (χ0) is 17.9. The Hall–Kier alpha value is -2.99. The standard InChI is InChI=1S/C20H17N3O2S/c24-16-13-23(12-11-21-16)20(25)19-22-17(14-7-3-1-4-8-14)18(26-19)15-9-5-2-6-10-15/h1-10H,11-13H2,(H,21,24). The van der Waals surface area contributed by atoms with Crippen LogP contribution in [0, 0.1) is 0 Å². The maximum absolute atomic E-state index is 12.9. The number of hydrogen-bond donors (Lipinski definition) is 1. The molecule has 1 fully saturated rings. The first-order valence-corrected chi connectivity index (χ1v) is 9.21. The highest BCUT2D eigenvalue weighted by Crippen LogP contribution is 2.37. The molecule has 2 heterocycles. The second-order valence-corrected chi connectivity index (χ2v) is 7.00. The van der Waals surface area contributed by atoms with Gasteiger partial charge in [0, 0.05) is 18.7 Å². The Balaban J connectivity index is 1.76. The van der Waals surface area contributed by atoms with Crippen LogP contribution in [0.15, 0.2) is 60.7 Å². The zero-order valence-corrected chi connectivity index (χ0v) is 14.8. The third-order valence-electron chi connectivity index (χ3n) is 4.22. The van der Waals surface area contributed by atoms with Crippen LogP contribution in [0.3, 0.4) is 0 Å². The minimum atomic E-state index is -0.191. The maximum Gasteiger partial charge on any atom is 0.283 e. The number of nitrogens with one attached hydrogen (secondary N) is 1. The molecule has 2 amide bonds. The van der Waals surface area contributed by atoms with Gasteiger partial charge in [-0.1, -0.05) is 60.7 Å². The third kappa shape index (κ3) is 3.23. The smallest absolute Gasteiger partial charge is 0.283 e. The predicted molar refractivity (Wildman–Crippen MR) is 102 cm³/mol. The summed E-state index contributed by atoms with van der Waals surface area (Å²) in [5, 5.41) is 3.15. The second-order valence-electron chi connectivity index (χ2n) is 6.01. The van der Waals surface area contributed by atoms with Gasteiger partial charge < -0.3 is 10.2 Å². The van der Waals surface area contributed by atoms with E-state index in [9.17, 15) is 9.59 Å². The fourth-order valence-electron chi connectivity index (χ4n) is 2.94. The van der Waals surface area contributed by atoms with Crippen molar-refractivity contribution >= 4 is 23.2 Å². The summed E-state index contributed by atoms with van der Waals surface area (Å²) in [6.07, 6.45) is 0. The predicted octanol–water partition coefficient (Wildman–Crippen LogP) is 3.05. The van der Waals surface area contributed by atoms with Crippen molar-refractivity contribution in [2.24, 2.45) is 0 Å². The number of hydrogen-bond acceptors (Lipinski definition) is 4. The van der Waals surface area contributed by atoms with Crippen LogP contribution in [0.2, 0.25) is 0 Å². The normalized spacial score (nSPS) is 14.2. The summed E-state index contributed by atoms with van der Waals surface area (Å²) in [6, 6.07) is 19.8. The molecule has 4 rings (SSSR count). The minimum absolute atomic E-state index is 0.0831. The van der Waals surface area contributed by atoms with Gasteiger partial charge in [0.1, 0.15) is 0 Å². The Morgan fingerprint density at radius 3 is 2.31 bits per heavy atom. The fraction of sp³-hybridized carbons (Fsp3) is 0.150. The quantitative estimate of drug-likeness (QED) is 0.778. The average Bonchev–Trinajstić information content (AvgIpc) is 3.14. The molecule has 1 saturated heterocycles. The maximum atomic E-state index is 12.9. The van der Waals surface area contributed by atoms with Crippen LogP contribution in [0.4, 0.5) is 0 Å². The van der Waals surface area contributed by atoms with E-state index in [0.29, 0.717) is 18.1 Å². The van der Waals surface area contributed by atoms with E-state index < -0.39 is 0 Å². The van der Waals surface area contributed by atoms with Crippen molar-refractivity contribution < 1.29 is 9.59 Å². The van der Waals surface area contributed by atoms with Crippen LogP contribution in [0.25, 0.3) is 21.7 Å². The second kappa shape index (κ2) is 7.09. The van der Waals surface area contributed by atoms with Crippen molar-refractivity contribution in [2.75, 3.05) is 19.6 Å². The molecule has 0 aliphatic carbocycles. The van der Waals surface area contributed by atoms with Gasteiger partial charge in [0.05, 0.1) is 17.1 Å². The molecular weight excluding hydrogens is 346 g/mol. The van der Waals surface area contributed by atoms with Crippen molar-refractivity contribution in [3.05, 3.63) is 65.7 Å². The molecule has 2 aromatic carbocycles. The Morgan fingerprint density at radius 2 is 1.65 bits per heavy atom. The van der Waals surface area contributed by atoms with Gasteiger partial charge in [-0.05, 0) is 5.56 Å². The van der Waals surface area contributed by atoms with Crippen LogP contribution in [-0.2, 0) is 4.79 Å². The Labute approximate surface area is 155 Å². The van der Waals surface area contributed by atoms with Crippen molar-refractivity contribution in [3.63, 3.8) is 0 Å². The number of rotatable bonds is 3. The van der Waals surface area contributed by atoms with E-state index in [1.165, 1.54) is 11.3 Å². The Kier molecular flexibility index (Phi) is 4.50. The summed E-state index contributed by atoms with van der Waals surface area (Å²) in [7, 11) is 0. The van der Waals surface area contributed by atoms with Crippen LogP contribution in [0.1, 0.15) is 9.80 Å². The number of thiazole rings is 1. The number of carbonyl (C=O) groups excluding carboxylic acids is 2. The average molecular weight is 363 g/mol. The van der Waals surface area contributed by atoms with E-state index in [0.717, 1.165) is 21.7 Å². The fourth-order valence-corrected chi connectivity index (χ4v) is 4.00. The molecule has 3 aromatic rings. The van der Waals surface area contributed by atoms with Crippen molar-refractivity contribution in [1.82, 2.24) is 15.2 Å². The monoisotopic (exact) mass is 363 g/mol. The van der Waals surface area contributed by atoms with E-state index in [4.69, 9.17) is 0 Å². The summed E-state index contributed by atoms with van der Waals surface area (Å²) in [6.45, 7) is 1.07. The first kappa shape index (κ1) is 16.5. The SMILES string of the molecule is O=C1CN(C(=O)c2nc(-c3ccccc3)c(-c3ccccc3)s2)CCN1. The van der Waals surface area contributed by atoms with Gasteiger partial charge in [0.2, 0.25) is 5.91 Å². The van der Waals surface area contributed by atoms with Crippen molar-refractivity contribution in [3.8, 4) is 21.7 Å². The van der Waals surface area contributed by atoms with Gasteiger partial charge in [-0.25, -0.2) is 4.98 Å². The van der Waals surface area contributed by atoms with Gasteiger partial charge in [-0.15, -0.1) is 11.3 Å². The van der Waals surface area contributed by atoms with Gasteiger partial charge in [0.15, 0.2) is 5.01 Å². The van der Waals surface area contributed by atoms with Crippen LogP contribution < -0.4 is 5.32 Å². The number of nitrogens with zero attached hydrogens (tertiary/aromatic N) is 2. The molecule has 6 heteroatoms. The lowest BCUT2D eigenvalue weighted by molar-refractivity contribution is -0.123. The lowest BCUT2D eigenvalue weighted by Gasteiger charge is -2.25. The lowest BCUT2D eigenvalue weighted by atomic mass is 10.1. The molecule has 0 spiro atoms. The highest BCUT2D eigenvalue weighted by atomic mass is 32.1. The molecule has 26 heavy (non-hydrogen) atoms. The Morgan fingerprint density at radius 1 is 1.00 bits per heavy atom. The van der Waals surface area contributed by atoms with Crippen LogP contribution in [0.5, 0.6) is 0 Å². The van der Waals surface area contributed by atoms with E-state index >= 15 is 0 Å². The molecule has 5 nitrogen and oxygen atoms in total. The molecule has 1 aromatic heterocycles. The molecular formula is C20H17N3O2S. The first-order chi connectivity index (χ1) is 12.7. The van der Waals surface area contributed by atoms with E-state index in [2.05, 4.69) is 10.3 Å².